The Morgan fingerprint density at radius 3 is 2.15 bits per heavy atom. The third-order valence-electron chi connectivity index (χ3n) is 6.20. The van der Waals surface area contributed by atoms with Crippen LogP contribution in [0.15, 0.2) is 0 Å². The first-order chi connectivity index (χ1) is 9.40. The lowest BCUT2D eigenvalue weighted by atomic mass is 9.75. The van der Waals surface area contributed by atoms with Crippen molar-refractivity contribution in [2.24, 2.45) is 35.5 Å². The number of rotatable bonds is 2. The highest BCUT2D eigenvalue weighted by Gasteiger charge is 2.41. The van der Waals surface area contributed by atoms with Gasteiger partial charge in [-0.3, -0.25) is 0 Å². The molecule has 118 valence electrons. The Labute approximate surface area is 125 Å². The van der Waals surface area contributed by atoms with Gasteiger partial charge >= 0.3 is 0 Å². The van der Waals surface area contributed by atoms with Crippen molar-refractivity contribution in [3.8, 4) is 0 Å². The minimum Gasteiger partial charge on any atom is -0.306 e. The van der Waals surface area contributed by atoms with Gasteiger partial charge in [-0.15, -0.1) is 0 Å². The molecular weight excluding hydrogens is 249 g/mol. The third-order valence-corrected chi connectivity index (χ3v) is 6.20. The molecule has 1 nitrogen and oxygen atoms in total. The van der Waals surface area contributed by atoms with E-state index in [9.17, 15) is 4.39 Å². The smallest absolute Gasteiger partial charge is 0.106 e. The van der Waals surface area contributed by atoms with Crippen molar-refractivity contribution in [2.45, 2.75) is 59.5 Å². The Morgan fingerprint density at radius 2 is 1.60 bits per heavy atom. The summed E-state index contributed by atoms with van der Waals surface area (Å²) >= 11 is 0. The molecule has 20 heavy (non-hydrogen) atoms. The van der Waals surface area contributed by atoms with Crippen LogP contribution in [-0.4, -0.2) is 31.2 Å². The molecule has 1 saturated carbocycles. The summed E-state index contributed by atoms with van der Waals surface area (Å²) in [7, 11) is 2.19. The van der Waals surface area contributed by atoms with Gasteiger partial charge in [0.15, 0.2) is 0 Å². The van der Waals surface area contributed by atoms with Crippen molar-refractivity contribution in [1.82, 2.24) is 4.90 Å². The summed E-state index contributed by atoms with van der Waals surface area (Å²) in [6.45, 7) is 11.5. The minimum atomic E-state index is -0.574. The minimum absolute atomic E-state index is 0.247. The second-order valence-corrected chi connectivity index (χ2v) is 8.08. The van der Waals surface area contributed by atoms with Crippen LogP contribution in [0.2, 0.25) is 0 Å². The van der Waals surface area contributed by atoms with E-state index in [1.54, 1.807) is 0 Å². The number of halogens is 1. The predicted molar refractivity (Wildman–Crippen MR) is 84.5 cm³/mol. The zero-order valence-electron chi connectivity index (χ0n) is 14.1. The van der Waals surface area contributed by atoms with Crippen molar-refractivity contribution >= 4 is 0 Å². The Morgan fingerprint density at radius 1 is 1.00 bits per heavy atom. The van der Waals surface area contributed by atoms with E-state index in [0.717, 1.165) is 25.9 Å². The summed E-state index contributed by atoms with van der Waals surface area (Å²) in [5.41, 5.74) is 0. The largest absolute Gasteiger partial charge is 0.306 e. The molecule has 0 aromatic rings. The Hall–Kier alpha value is -0.110. The number of hydrogen-bond acceptors (Lipinski definition) is 1. The van der Waals surface area contributed by atoms with Gasteiger partial charge in [-0.05, 0) is 81.3 Å². The van der Waals surface area contributed by atoms with Crippen LogP contribution in [0, 0.1) is 35.5 Å². The summed E-state index contributed by atoms with van der Waals surface area (Å²) in [5, 5.41) is 0. The zero-order valence-corrected chi connectivity index (χ0v) is 14.1. The van der Waals surface area contributed by atoms with Gasteiger partial charge in [0.2, 0.25) is 0 Å². The molecule has 2 fully saturated rings. The molecule has 0 bridgehead atoms. The van der Waals surface area contributed by atoms with Crippen LogP contribution in [0.4, 0.5) is 4.39 Å². The van der Waals surface area contributed by atoms with E-state index < -0.39 is 6.17 Å². The average molecular weight is 283 g/mol. The van der Waals surface area contributed by atoms with Crippen LogP contribution in [-0.2, 0) is 0 Å². The zero-order chi connectivity index (χ0) is 14.9. The Balaban J connectivity index is 2.08. The topological polar surface area (TPSA) is 3.24 Å². The lowest BCUT2D eigenvalue weighted by Crippen LogP contribution is -2.37. The second-order valence-electron chi connectivity index (χ2n) is 8.08. The molecule has 5 atom stereocenters. The van der Waals surface area contributed by atoms with Crippen molar-refractivity contribution in [3.63, 3.8) is 0 Å². The van der Waals surface area contributed by atoms with Gasteiger partial charge in [0.05, 0.1) is 0 Å². The van der Waals surface area contributed by atoms with E-state index in [1.165, 1.54) is 12.8 Å². The highest BCUT2D eigenvalue weighted by molar-refractivity contribution is 4.90. The van der Waals surface area contributed by atoms with E-state index in [2.05, 4.69) is 39.6 Å². The number of hydrogen-bond donors (Lipinski definition) is 0. The van der Waals surface area contributed by atoms with Crippen LogP contribution < -0.4 is 0 Å². The predicted octanol–water partition coefficient (Wildman–Crippen LogP) is 4.62. The van der Waals surface area contributed by atoms with E-state index in [0.29, 0.717) is 29.6 Å². The van der Waals surface area contributed by atoms with Crippen molar-refractivity contribution in [2.75, 3.05) is 20.1 Å². The van der Waals surface area contributed by atoms with E-state index >= 15 is 0 Å². The highest BCUT2D eigenvalue weighted by atomic mass is 19.1. The summed E-state index contributed by atoms with van der Waals surface area (Å²) < 4.78 is 15.0. The maximum atomic E-state index is 15.0. The fourth-order valence-electron chi connectivity index (χ4n) is 4.79. The van der Waals surface area contributed by atoms with Crippen LogP contribution in [0.1, 0.15) is 53.4 Å². The Bertz CT molecular complexity index is 296. The van der Waals surface area contributed by atoms with Gasteiger partial charge in [-0.2, -0.15) is 0 Å². The number of piperidine rings is 1. The molecule has 1 aliphatic heterocycles. The first kappa shape index (κ1) is 16.3. The molecule has 0 spiro atoms. The molecule has 0 radical (unpaired) electrons. The molecule has 0 amide bonds. The molecule has 2 rings (SSSR count). The molecule has 0 N–H and O–H groups in total. The normalized spacial score (nSPS) is 41.9. The molecular formula is C18H34FN. The monoisotopic (exact) mass is 283 g/mol. The lowest BCUT2D eigenvalue weighted by molar-refractivity contribution is 0.0730. The van der Waals surface area contributed by atoms with Crippen LogP contribution in [0.5, 0.6) is 0 Å². The molecule has 1 saturated heterocycles. The van der Waals surface area contributed by atoms with Crippen LogP contribution >= 0.6 is 0 Å². The summed E-state index contributed by atoms with van der Waals surface area (Å²) in [6, 6.07) is 0. The quantitative estimate of drug-likeness (QED) is 0.668. The SMILES string of the molecule is CC(C)C1CC(C)C(F)C(C2CCN(C)CC2)CC1C. The van der Waals surface area contributed by atoms with Gasteiger partial charge in [-0.25, -0.2) is 4.39 Å². The summed E-state index contributed by atoms with van der Waals surface area (Å²) in [4.78, 5) is 2.39. The van der Waals surface area contributed by atoms with Gasteiger partial charge < -0.3 is 4.90 Å². The number of alkyl halides is 1. The van der Waals surface area contributed by atoms with Crippen molar-refractivity contribution in [1.29, 1.82) is 0 Å². The number of likely N-dealkylation sites (tertiary alicyclic amines) is 1. The van der Waals surface area contributed by atoms with Crippen LogP contribution in [0.25, 0.3) is 0 Å². The van der Waals surface area contributed by atoms with Gasteiger partial charge in [0, 0.05) is 0 Å². The molecule has 0 aromatic heterocycles. The lowest BCUT2D eigenvalue weighted by Gasteiger charge is -2.37. The summed E-state index contributed by atoms with van der Waals surface area (Å²) in [6.07, 6.45) is 4.03. The third kappa shape index (κ3) is 3.55. The molecule has 0 aromatic carbocycles. The number of nitrogens with zero attached hydrogens (tertiary/aromatic N) is 1. The first-order valence-electron chi connectivity index (χ1n) is 8.72. The van der Waals surface area contributed by atoms with Gasteiger partial charge in [-0.1, -0.05) is 27.7 Å². The maximum absolute atomic E-state index is 15.0. The average Bonchev–Trinajstić information content (AvgIpc) is 2.51. The Kier molecular flexibility index (Phi) is 5.50. The molecule has 1 aliphatic carbocycles. The van der Waals surface area contributed by atoms with Gasteiger partial charge in [0.25, 0.3) is 0 Å². The van der Waals surface area contributed by atoms with Crippen molar-refractivity contribution in [3.05, 3.63) is 0 Å². The molecule has 2 heteroatoms. The highest BCUT2D eigenvalue weighted by Crippen LogP contribution is 2.44. The molecule has 5 unspecified atom stereocenters. The fourth-order valence-corrected chi connectivity index (χ4v) is 4.79. The summed E-state index contributed by atoms with van der Waals surface area (Å²) in [5.74, 6) is 3.27. The van der Waals surface area contributed by atoms with Gasteiger partial charge in [0.1, 0.15) is 6.17 Å². The molecule has 2 aliphatic rings. The van der Waals surface area contributed by atoms with Crippen LogP contribution in [0.3, 0.4) is 0 Å². The van der Waals surface area contributed by atoms with Crippen molar-refractivity contribution < 1.29 is 4.39 Å². The first-order valence-corrected chi connectivity index (χ1v) is 8.72. The van der Waals surface area contributed by atoms with E-state index in [4.69, 9.17) is 0 Å². The fraction of sp³-hybridized carbons (Fsp3) is 1.00. The second kappa shape index (κ2) is 6.77. The van der Waals surface area contributed by atoms with E-state index in [-0.39, 0.29) is 5.92 Å². The standard InChI is InChI=1S/C18H34FN/c1-12(2)16-11-14(4)18(19)17(10-13(16)3)15-6-8-20(5)9-7-15/h12-18H,6-11H2,1-5H3. The maximum Gasteiger partial charge on any atom is 0.106 e. The molecule has 1 heterocycles. The van der Waals surface area contributed by atoms with E-state index in [1.807, 2.05) is 0 Å².